The monoisotopic (exact) mass is 272 g/mol. The lowest BCUT2D eigenvalue weighted by molar-refractivity contribution is 0.624. The molecule has 0 aliphatic rings. The zero-order valence-electron chi connectivity index (χ0n) is 11.1. The molecule has 2 aromatic carbocycles. The molecule has 2 aromatic rings. The molecule has 4 heteroatoms. The Morgan fingerprint density at radius 2 is 1.75 bits per heavy atom. The zero-order valence-corrected chi connectivity index (χ0v) is 11.1. The minimum absolute atomic E-state index is 0.290. The second kappa shape index (κ2) is 6.16. The lowest BCUT2D eigenvalue weighted by atomic mass is 10.1. The molecule has 0 saturated heterocycles. The predicted octanol–water partition coefficient (Wildman–Crippen LogP) is 3.86. The topological polar surface area (TPSA) is 27.0 Å². The summed E-state index contributed by atoms with van der Waals surface area (Å²) in [4.78, 5) is 1.98. The van der Waals surface area contributed by atoms with E-state index < -0.39 is 5.82 Å². The first-order chi connectivity index (χ1) is 9.62. The molecule has 0 fully saturated rings. The Kier molecular flexibility index (Phi) is 4.31. The van der Waals surface area contributed by atoms with Gasteiger partial charge in [0.1, 0.15) is 11.6 Å². The molecule has 0 aliphatic heterocycles. The van der Waals surface area contributed by atoms with E-state index in [4.69, 9.17) is 5.26 Å². The van der Waals surface area contributed by atoms with Gasteiger partial charge in [-0.15, -0.1) is 0 Å². The van der Waals surface area contributed by atoms with Gasteiger partial charge in [-0.05, 0) is 55.0 Å². The molecule has 0 unspecified atom stereocenters. The summed E-state index contributed by atoms with van der Waals surface area (Å²) < 4.78 is 26.3. The van der Waals surface area contributed by atoms with Crippen LogP contribution in [0.5, 0.6) is 0 Å². The highest BCUT2D eigenvalue weighted by atomic mass is 19.1. The fourth-order valence-corrected chi connectivity index (χ4v) is 2.06. The molecule has 0 heterocycles. The highest BCUT2D eigenvalue weighted by Crippen LogP contribution is 2.18. The Bertz CT molecular complexity index is 630. The summed E-state index contributed by atoms with van der Waals surface area (Å²) in [7, 11) is 0. The van der Waals surface area contributed by atoms with Gasteiger partial charge in [-0.2, -0.15) is 5.26 Å². The van der Waals surface area contributed by atoms with Gasteiger partial charge >= 0.3 is 0 Å². The number of hydrogen-bond donors (Lipinski definition) is 0. The molecule has 0 atom stereocenters. The Morgan fingerprint density at radius 1 is 1.05 bits per heavy atom. The van der Waals surface area contributed by atoms with Crippen molar-refractivity contribution in [3.05, 3.63) is 65.2 Å². The van der Waals surface area contributed by atoms with Gasteiger partial charge in [0.05, 0.1) is 11.6 Å². The van der Waals surface area contributed by atoms with Crippen LogP contribution in [0.1, 0.15) is 18.1 Å². The third kappa shape index (κ3) is 3.33. The molecule has 0 bridgehead atoms. The number of rotatable bonds is 4. The van der Waals surface area contributed by atoms with E-state index in [0.29, 0.717) is 24.2 Å². The molecule has 0 N–H and O–H groups in total. The summed E-state index contributed by atoms with van der Waals surface area (Å²) in [6, 6.07) is 12.4. The van der Waals surface area contributed by atoms with Gasteiger partial charge in [0.15, 0.2) is 0 Å². The first-order valence-corrected chi connectivity index (χ1v) is 6.32. The van der Waals surface area contributed by atoms with Crippen molar-refractivity contribution in [1.82, 2.24) is 0 Å². The van der Waals surface area contributed by atoms with Crippen LogP contribution in [0, 0.1) is 23.0 Å². The normalized spacial score (nSPS) is 10.1. The Balaban J connectivity index is 2.24. The minimum Gasteiger partial charge on any atom is -0.367 e. The van der Waals surface area contributed by atoms with E-state index in [1.807, 2.05) is 17.9 Å². The predicted molar refractivity (Wildman–Crippen MR) is 74.2 cm³/mol. The lowest BCUT2D eigenvalue weighted by Crippen LogP contribution is -2.22. The molecule has 102 valence electrons. The van der Waals surface area contributed by atoms with E-state index in [-0.39, 0.29) is 5.82 Å². The van der Waals surface area contributed by atoms with Gasteiger partial charge in [0.2, 0.25) is 0 Å². The van der Waals surface area contributed by atoms with Crippen LogP contribution in [0.4, 0.5) is 14.5 Å². The average Bonchev–Trinajstić information content (AvgIpc) is 2.45. The van der Waals surface area contributed by atoms with Gasteiger partial charge in [-0.1, -0.05) is 0 Å². The third-order valence-corrected chi connectivity index (χ3v) is 3.03. The first kappa shape index (κ1) is 14.0. The molecule has 2 rings (SSSR count). The smallest absolute Gasteiger partial charge is 0.124 e. The van der Waals surface area contributed by atoms with Crippen molar-refractivity contribution in [3.8, 4) is 6.07 Å². The molecular weight excluding hydrogens is 258 g/mol. The van der Waals surface area contributed by atoms with E-state index in [9.17, 15) is 8.78 Å². The number of nitrogens with zero attached hydrogens (tertiary/aromatic N) is 2. The summed E-state index contributed by atoms with van der Waals surface area (Å²) >= 11 is 0. The summed E-state index contributed by atoms with van der Waals surface area (Å²) in [6.45, 7) is 3.13. The fraction of sp³-hybridized carbons (Fsp3) is 0.188. The summed E-state index contributed by atoms with van der Waals surface area (Å²) in [6.07, 6.45) is 0. The van der Waals surface area contributed by atoms with Crippen molar-refractivity contribution in [2.45, 2.75) is 13.5 Å². The Hall–Kier alpha value is -2.41. The largest absolute Gasteiger partial charge is 0.367 e. The van der Waals surface area contributed by atoms with Crippen molar-refractivity contribution >= 4 is 5.69 Å². The highest BCUT2D eigenvalue weighted by Gasteiger charge is 2.08. The minimum atomic E-state index is -0.422. The van der Waals surface area contributed by atoms with Crippen LogP contribution in [0.15, 0.2) is 42.5 Å². The fourth-order valence-electron chi connectivity index (χ4n) is 2.06. The maximum Gasteiger partial charge on any atom is 0.124 e. The van der Waals surface area contributed by atoms with Crippen molar-refractivity contribution < 1.29 is 8.78 Å². The summed E-state index contributed by atoms with van der Waals surface area (Å²) in [5, 5.41) is 8.85. The van der Waals surface area contributed by atoms with E-state index in [1.165, 1.54) is 24.3 Å². The van der Waals surface area contributed by atoms with Gasteiger partial charge in [-0.25, -0.2) is 8.78 Å². The number of benzene rings is 2. The van der Waals surface area contributed by atoms with Gasteiger partial charge in [0, 0.05) is 18.8 Å². The summed E-state index contributed by atoms with van der Waals surface area (Å²) in [5.74, 6) is -0.712. The Morgan fingerprint density at radius 3 is 2.35 bits per heavy atom. The molecule has 0 aromatic heterocycles. The third-order valence-electron chi connectivity index (χ3n) is 3.03. The maximum atomic E-state index is 13.4. The highest BCUT2D eigenvalue weighted by molar-refractivity contribution is 5.47. The SMILES string of the molecule is CCN(Cc1cc(F)cc(C#N)c1)c1ccc(F)cc1. The molecule has 20 heavy (non-hydrogen) atoms. The van der Waals surface area contributed by atoms with E-state index in [1.54, 1.807) is 18.2 Å². The van der Waals surface area contributed by atoms with Gasteiger partial charge < -0.3 is 4.90 Å². The number of anilines is 1. The second-order valence-corrected chi connectivity index (χ2v) is 4.45. The van der Waals surface area contributed by atoms with Crippen LogP contribution >= 0.6 is 0 Å². The van der Waals surface area contributed by atoms with Crippen LogP contribution in [0.25, 0.3) is 0 Å². The van der Waals surface area contributed by atoms with Crippen LogP contribution in [-0.2, 0) is 6.54 Å². The van der Waals surface area contributed by atoms with Crippen molar-refractivity contribution in [3.63, 3.8) is 0 Å². The van der Waals surface area contributed by atoms with Gasteiger partial charge in [0.25, 0.3) is 0 Å². The lowest BCUT2D eigenvalue weighted by Gasteiger charge is -2.23. The van der Waals surface area contributed by atoms with Crippen LogP contribution in [0.2, 0.25) is 0 Å². The quantitative estimate of drug-likeness (QED) is 0.845. The summed E-state index contributed by atoms with van der Waals surface area (Å²) in [5.41, 5.74) is 1.87. The molecule has 0 saturated carbocycles. The molecule has 0 amide bonds. The van der Waals surface area contributed by atoms with Gasteiger partial charge in [-0.3, -0.25) is 0 Å². The van der Waals surface area contributed by atoms with Crippen molar-refractivity contribution in [2.75, 3.05) is 11.4 Å². The van der Waals surface area contributed by atoms with Crippen LogP contribution in [0.3, 0.4) is 0 Å². The molecular formula is C16H14F2N2. The average molecular weight is 272 g/mol. The number of hydrogen-bond acceptors (Lipinski definition) is 2. The maximum absolute atomic E-state index is 13.4. The van der Waals surface area contributed by atoms with Crippen LogP contribution in [-0.4, -0.2) is 6.54 Å². The number of nitriles is 1. The van der Waals surface area contributed by atoms with Crippen molar-refractivity contribution in [1.29, 1.82) is 5.26 Å². The Labute approximate surface area is 116 Å². The van der Waals surface area contributed by atoms with E-state index in [2.05, 4.69) is 0 Å². The zero-order chi connectivity index (χ0) is 14.5. The molecule has 0 spiro atoms. The standard InChI is InChI=1S/C16H14F2N2/c1-2-20(16-5-3-14(17)4-6-16)11-13-7-12(10-19)8-15(18)9-13/h3-9H,2,11H2,1H3. The first-order valence-electron chi connectivity index (χ1n) is 6.32. The van der Waals surface area contributed by atoms with E-state index >= 15 is 0 Å². The second-order valence-electron chi connectivity index (χ2n) is 4.45. The van der Waals surface area contributed by atoms with Crippen LogP contribution < -0.4 is 4.90 Å². The van der Waals surface area contributed by atoms with Crippen molar-refractivity contribution in [2.24, 2.45) is 0 Å². The molecule has 0 aliphatic carbocycles. The number of halogens is 2. The molecule has 0 radical (unpaired) electrons. The molecule has 2 nitrogen and oxygen atoms in total. The van der Waals surface area contributed by atoms with E-state index in [0.717, 1.165) is 5.69 Å².